The van der Waals surface area contributed by atoms with Crippen LogP contribution in [0.2, 0.25) is 0 Å². The van der Waals surface area contributed by atoms with Crippen LogP contribution in [0.5, 0.6) is 0 Å². The third-order valence-electron chi connectivity index (χ3n) is 9.46. The molecule has 1 aliphatic carbocycles. The second-order valence-corrected chi connectivity index (χ2v) is 12.0. The zero-order valence-corrected chi connectivity index (χ0v) is 23.4. The molecule has 0 radical (unpaired) electrons. The van der Waals surface area contributed by atoms with Crippen LogP contribution in [0.1, 0.15) is 73.0 Å². The lowest BCUT2D eigenvalue weighted by Gasteiger charge is -2.43. The fourth-order valence-corrected chi connectivity index (χ4v) is 7.11. The largest absolute Gasteiger partial charge is 0.390 e. The van der Waals surface area contributed by atoms with Gasteiger partial charge in [-0.25, -0.2) is 9.97 Å². The molecule has 9 heteroatoms. The van der Waals surface area contributed by atoms with Crippen molar-refractivity contribution in [2.24, 2.45) is 5.92 Å². The van der Waals surface area contributed by atoms with Crippen molar-refractivity contribution in [3.05, 3.63) is 53.5 Å². The lowest BCUT2D eigenvalue weighted by molar-refractivity contribution is -0.137. The number of aromatic nitrogens is 2. The molecule has 0 unspecified atom stereocenters. The Hall–Kier alpha value is -3.04. The topological polar surface area (TPSA) is 102 Å². The molecule has 2 atom stereocenters. The van der Waals surface area contributed by atoms with Crippen molar-refractivity contribution in [1.29, 1.82) is 0 Å². The van der Waals surface area contributed by atoms with Crippen molar-refractivity contribution in [3.8, 4) is 0 Å². The second-order valence-electron chi connectivity index (χ2n) is 12.0. The molecule has 3 fully saturated rings. The first-order valence-electron chi connectivity index (χ1n) is 15.2. The van der Waals surface area contributed by atoms with Crippen LogP contribution in [0.15, 0.2) is 36.7 Å². The zero-order valence-electron chi connectivity index (χ0n) is 23.4. The van der Waals surface area contributed by atoms with E-state index >= 15 is 0 Å². The first kappa shape index (κ1) is 27.1. The number of fused-ring (bicyclic) bond motifs is 1. The first-order valence-corrected chi connectivity index (χ1v) is 15.2. The molecule has 4 aliphatic rings. The summed E-state index contributed by atoms with van der Waals surface area (Å²) in [4.78, 5) is 41.0. The number of likely N-dealkylation sites (tertiary alicyclic amines) is 2. The smallest absolute Gasteiger partial charge is 0.272 e. The number of benzene rings is 1. The number of hydrogen-bond acceptors (Lipinski definition) is 7. The minimum Gasteiger partial charge on any atom is -0.390 e. The molecule has 2 amide bonds. The Morgan fingerprint density at radius 1 is 0.875 bits per heavy atom. The van der Waals surface area contributed by atoms with Gasteiger partial charge < -0.3 is 20.2 Å². The van der Waals surface area contributed by atoms with E-state index in [1.54, 1.807) is 11.0 Å². The highest BCUT2D eigenvalue weighted by Crippen LogP contribution is 2.28. The molecule has 3 aliphatic heterocycles. The maximum Gasteiger partial charge on any atom is 0.272 e. The molecular formula is C31H42N6O3. The molecule has 4 heterocycles. The molecule has 9 nitrogen and oxygen atoms in total. The highest BCUT2D eigenvalue weighted by atomic mass is 16.3. The van der Waals surface area contributed by atoms with E-state index in [-0.39, 0.29) is 23.9 Å². The number of aliphatic hydroxyl groups excluding tert-OH is 1. The van der Waals surface area contributed by atoms with Gasteiger partial charge in [0.25, 0.3) is 5.91 Å². The first-order chi connectivity index (χ1) is 19.5. The predicted octanol–water partition coefficient (Wildman–Crippen LogP) is 3.09. The van der Waals surface area contributed by atoms with Crippen LogP contribution in [-0.2, 0) is 17.8 Å². The third-order valence-corrected chi connectivity index (χ3v) is 9.46. The Morgan fingerprint density at radius 3 is 2.40 bits per heavy atom. The van der Waals surface area contributed by atoms with E-state index in [9.17, 15) is 14.7 Å². The quantitative estimate of drug-likeness (QED) is 0.594. The molecule has 1 saturated carbocycles. The number of rotatable bonds is 5. The molecule has 214 valence electrons. The molecule has 2 saturated heterocycles. The number of amides is 2. The summed E-state index contributed by atoms with van der Waals surface area (Å²) in [5.41, 5.74) is 3.08. The van der Waals surface area contributed by atoms with Gasteiger partial charge in [0.15, 0.2) is 0 Å². The number of piperidine rings is 2. The summed E-state index contributed by atoms with van der Waals surface area (Å²) >= 11 is 0. The fraction of sp³-hybridized carbons (Fsp3) is 0.613. The second kappa shape index (κ2) is 12.2. The molecule has 1 aromatic carbocycles. The Morgan fingerprint density at radius 2 is 1.62 bits per heavy atom. The lowest BCUT2D eigenvalue weighted by Crippen LogP contribution is -2.56. The van der Waals surface area contributed by atoms with E-state index in [1.807, 2.05) is 4.90 Å². The highest BCUT2D eigenvalue weighted by Gasteiger charge is 2.36. The van der Waals surface area contributed by atoms with Gasteiger partial charge in [0.1, 0.15) is 17.8 Å². The number of carbonyl (C=O) groups excluding carboxylic acids is 2. The minimum atomic E-state index is -0.594. The number of carbonyl (C=O) groups is 2. The van der Waals surface area contributed by atoms with E-state index in [2.05, 4.69) is 44.5 Å². The van der Waals surface area contributed by atoms with Gasteiger partial charge in [0, 0.05) is 63.3 Å². The molecular weight excluding hydrogens is 504 g/mol. The van der Waals surface area contributed by atoms with Crippen LogP contribution >= 0.6 is 0 Å². The van der Waals surface area contributed by atoms with Crippen LogP contribution < -0.4 is 5.32 Å². The Balaban J connectivity index is 1.00. The summed E-state index contributed by atoms with van der Waals surface area (Å²) in [6.45, 7) is 4.21. The van der Waals surface area contributed by atoms with Gasteiger partial charge in [-0.2, -0.15) is 0 Å². The maximum absolute atomic E-state index is 13.3. The van der Waals surface area contributed by atoms with Crippen molar-refractivity contribution in [3.63, 3.8) is 0 Å². The van der Waals surface area contributed by atoms with E-state index < -0.39 is 6.10 Å². The summed E-state index contributed by atoms with van der Waals surface area (Å²) in [6, 6.07) is 10.5. The summed E-state index contributed by atoms with van der Waals surface area (Å²) in [5, 5.41) is 14.5. The summed E-state index contributed by atoms with van der Waals surface area (Å²) in [5.74, 6) is 1.02. The van der Waals surface area contributed by atoms with E-state index in [0.29, 0.717) is 30.5 Å². The summed E-state index contributed by atoms with van der Waals surface area (Å²) in [7, 11) is 0. The highest BCUT2D eigenvalue weighted by molar-refractivity contribution is 5.93. The van der Waals surface area contributed by atoms with Gasteiger partial charge in [-0.1, -0.05) is 43.5 Å². The standard InChI is InChI=1S/C31H42N6O3/c38-28-20-37(17-13-27(28)36-14-10-22-6-4-5-9-24(22)19-36)31(40)26-18-29(33-21-32-26)34-25-11-15-35(16-12-25)30(39)23-7-2-1-3-8-23/h4-6,9,18,21,23,25,27-28,38H,1-3,7-8,10-17,19-20H2,(H,32,33,34)/t27-,28-/m1/s1. The zero-order chi connectivity index (χ0) is 27.5. The van der Waals surface area contributed by atoms with Gasteiger partial charge in [0.05, 0.1) is 6.10 Å². The molecule has 0 bridgehead atoms. The van der Waals surface area contributed by atoms with Crippen molar-refractivity contribution in [2.75, 3.05) is 38.0 Å². The van der Waals surface area contributed by atoms with Crippen LogP contribution in [0.25, 0.3) is 0 Å². The van der Waals surface area contributed by atoms with Crippen LogP contribution in [0.4, 0.5) is 5.82 Å². The average molecular weight is 547 g/mol. The molecule has 6 rings (SSSR count). The van der Waals surface area contributed by atoms with Gasteiger partial charge in [-0.15, -0.1) is 0 Å². The Bertz CT molecular complexity index is 1190. The number of nitrogens with one attached hydrogen (secondary N) is 1. The van der Waals surface area contributed by atoms with Crippen LogP contribution in [0.3, 0.4) is 0 Å². The van der Waals surface area contributed by atoms with Crippen molar-refractivity contribution in [2.45, 2.75) is 82.5 Å². The number of hydrogen-bond donors (Lipinski definition) is 2. The van der Waals surface area contributed by atoms with Gasteiger partial charge >= 0.3 is 0 Å². The van der Waals surface area contributed by atoms with E-state index in [1.165, 1.54) is 36.7 Å². The van der Waals surface area contributed by atoms with E-state index in [0.717, 1.165) is 64.7 Å². The summed E-state index contributed by atoms with van der Waals surface area (Å²) < 4.78 is 0. The number of aliphatic hydroxyl groups is 1. The van der Waals surface area contributed by atoms with Gasteiger partial charge in [-0.3, -0.25) is 14.5 Å². The van der Waals surface area contributed by atoms with Crippen molar-refractivity contribution in [1.82, 2.24) is 24.7 Å². The fourth-order valence-electron chi connectivity index (χ4n) is 7.11. The number of anilines is 1. The number of nitrogens with zero attached hydrogens (tertiary/aromatic N) is 5. The molecule has 0 spiro atoms. The summed E-state index contributed by atoms with van der Waals surface area (Å²) in [6.07, 6.45) is 9.99. The minimum absolute atomic E-state index is 0.0518. The van der Waals surface area contributed by atoms with Crippen molar-refractivity contribution >= 4 is 17.6 Å². The van der Waals surface area contributed by atoms with Crippen LogP contribution in [0, 0.1) is 5.92 Å². The van der Waals surface area contributed by atoms with Crippen molar-refractivity contribution < 1.29 is 14.7 Å². The van der Waals surface area contributed by atoms with Gasteiger partial charge in [0.2, 0.25) is 5.91 Å². The number of β-amino-alcohol motifs (C(OH)–C–C–N with tert-alkyl or cyclic N) is 1. The third kappa shape index (κ3) is 6.00. The Labute approximate surface area is 237 Å². The van der Waals surface area contributed by atoms with E-state index in [4.69, 9.17) is 0 Å². The molecule has 40 heavy (non-hydrogen) atoms. The molecule has 2 N–H and O–H groups in total. The average Bonchev–Trinajstić information content (AvgIpc) is 3.01. The van der Waals surface area contributed by atoms with Gasteiger partial charge in [-0.05, 0) is 49.7 Å². The molecule has 2 aromatic rings. The predicted molar refractivity (Wildman–Crippen MR) is 153 cm³/mol. The SMILES string of the molecule is O=C(c1cc(NC2CCN(C(=O)C3CCCCC3)CC2)ncn1)N1CC[C@@H](N2CCc3ccccc3C2)[C@H](O)C1. The molecule has 1 aromatic heterocycles. The monoisotopic (exact) mass is 546 g/mol. The van der Waals surface area contributed by atoms with Crippen LogP contribution in [-0.4, -0.2) is 92.5 Å². The lowest BCUT2D eigenvalue weighted by atomic mass is 9.87. The Kier molecular flexibility index (Phi) is 8.30. The normalized spacial score (nSPS) is 24.9. The maximum atomic E-state index is 13.3.